The average Bonchev–Trinajstić information content (AvgIpc) is 3.20. The van der Waals surface area contributed by atoms with E-state index < -0.39 is 44.3 Å². The Balaban J connectivity index is -0.0000000643. The molecule has 0 unspecified atom stereocenters. The maximum atomic E-state index is 9.96. The van der Waals surface area contributed by atoms with Crippen LogP contribution in [0.2, 0.25) is 0 Å². The van der Waals surface area contributed by atoms with Gasteiger partial charge in [-0.05, 0) is 22.9 Å². The second kappa shape index (κ2) is 29.3. The van der Waals surface area contributed by atoms with E-state index in [1.54, 1.807) is 60.4 Å². The fourth-order valence-electron chi connectivity index (χ4n) is 0.789. The van der Waals surface area contributed by atoms with E-state index in [0.717, 1.165) is 0 Å². The summed E-state index contributed by atoms with van der Waals surface area (Å²) in [5, 5.41) is 23.3. The first-order chi connectivity index (χ1) is 12.8. The van der Waals surface area contributed by atoms with Crippen molar-refractivity contribution in [1.29, 1.82) is 0 Å². The Morgan fingerprint density at radius 2 is 0.871 bits per heavy atom. The number of thiophene rings is 2. The van der Waals surface area contributed by atoms with Crippen LogP contribution in [-0.4, -0.2) is 73.1 Å². The standard InChI is InChI=1S/2C5H4O2S.3C2H6OS.2H2O.Ru/c2*6-5(7)4-2-1-3-8-4;3*1-4(2)3;;;/h2*1-3H,(H,6,7);3*1-2H3;2*1H2;/q;;;;;;;+2/p-2. The van der Waals surface area contributed by atoms with Crippen molar-refractivity contribution in [1.82, 2.24) is 0 Å². The molecule has 184 valence electrons. The van der Waals surface area contributed by atoms with Gasteiger partial charge in [-0.2, -0.15) is 0 Å². The molecule has 15 heteroatoms. The Bertz CT molecular complexity index is 635. The fraction of sp³-hybridized carbons (Fsp3) is 0.375. The Labute approximate surface area is 211 Å². The molecule has 0 atom stereocenters. The van der Waals surface area contributed by atoms with E-state index in [-0.39, 0.29) is 40.2 Å². The second-order valence-electron chi connectivity index (χ2n) is 4.75. The molecule has 2 heterocycles. The molecule has 2 aromatic rings. The van der Waals surface area contributed by atoms with Crippen LogP contribution in [0.25, 0.3) is 0 Å². The monoisotopic (exact) mass is 626 g/mol. The molecule has 0 fully saturated rings. The molecular weight excluding hydrogens is 598 g/mol. The zero-order valence-electron chi connectivity index (χ0n) is 17.7. The quantitative estimate of drug-likeness (QED) is 0.364. The Hall–Kier alpha value is -0.667. The minimum atomic E-state index is -1.10. The predicted octanol–water partition coefficient (Wildman–Crippen LogP) is -1.44. The van der Waals surface area contributed by atoms with Gasteiger partial charge in [0.1, 0.15) is 0 Å². The number of carbonyl (C=O) groups excluding carboxylic acids is 2. The molecule has 0 aliphatic carbocycles. The molecule has 31 heavy (non-hydrogen) atoms. The van der Waals surface area contributed by atoms with Crippen molar-refractivity contribution in [3.63, 3.8) is 0 Å². The van der Waals surface area contributed by atoms with E-state index in [1.165, 1.54) is 34.8 Å². The molecule has 0 radical (unpaired) electrons. The first-order valence-electron chi connectivity index (χ1n) is 7.06. The Morgan fingerprint density at radius 3 is 0.935 bits per heavy atom. The van der Waals surface area contributed by atoms with Gasteiger partial charge in [0.2, 0.25) is 0 Å². The molecule has 2 rings (SSSR count). The SMILES string of the molecule is CS(C)=O.CS(C)=O.CS(C)=O.O.O.O=C([O-])c1cccs1.O=C([O-])c1cccs1.[Ru+2]. The van der Waals surface area contributed by atoms with Crippen molar-refractivity contribution in [3.05, 3.63) is 44.8 Å². The molecule has 0 aromatic carbocycles. The number of rotatable bonds is 2. The van der Waals surface area contributed by atoms with Crippen molar-refractivity contribution >= 4 is 67.0 Å². The van der Waals surface area contributed by atoms with E-state index in [2.05, 4.69) is 0 Å². The summed E-state index contributed by atoms with van der Waals surface area (Å²) in [6.45, 7) is 0. The first kappa shape index (κ1) is 44.1. The average molecular weight is 626 g/mol. The number of hydrogen-bond acceptors (Lipinski definition) is 9. The largest absolute Gasteiger partial charge is 2.00 e. The summed E-state index contributed by atoms with van der Waals surface area (Å²) in [7, 11) is -1.83. The zero-order chi connectivity index (χ0) is 22.7. The predicted molar refractivity (Wildman–Crippen MR) is 124 cm³/mol. The molecule has 0 spiro atoms. The number of carbonyl (C=O) groups is 2. The molecule has 0 amide bonds. The van der Waals surface area contributed by atoms with Gasteiger partial charge in [-0.1, -0.05) is 12.1 Å². The van der Waals surface area contributed by atoms with E-state index >= 15 is 0 Å². The maximum absolute atomic E-state index is 9.96. The Kier molecular flexibility index (Phi) is 41.7. The number of carboxylic acids is 2. The van der Waals surface area contributed by atoms with Gasteiger partial charge in [-0.3, -0.25) is 12.6 Å². The smallest absolute Gasteiger partial charge is 0.544 e. The summed E-state index contributed by atoms with van der Waals surface area (Å²) in [5.74, 6) is -2.19. The third-order valence-corrected chi connectivity index (χ3v) is 3.14. The van der Waals surface area contributed by atoms with Crippen LogP contribution in [0, 0.1) is 0 Å². The zero-order valence-corrected chi connectivity index (χ0v) is 23.5. The summed E-state index contributed by atoms with van der Waals surface area (Å²) in [5.41, 5.74) is 0. The molecule has 0 aliphatic rings. The molecule has 0 bridgehead atoms. The van der Waals surface area contributed by atoms with Gasteiger partial charge in [0.25, 0.3) is 0 Å². The van der Waals surface area contributed by atoms with Crippen LogP contribution < -0.4 is 10.2 Å². The van der Waals surface area contributed by atoms with Crippen LogP contribution >= 0.6 is 22.7 Å². The molecule has 0 saturated carbocycles. The third-order valence-electron chi connectivity index (χ3n) is 1.44. The van der Waals surface area contributed by atoms with E-state index in [0.29, 0.717) is 0 Å². The van der Waals surface area contributed by atoms with Crippen LogP contribution in [0.1, 0.15) is 19.3 Å². The summed E-state index contributed by atoms with van der Waals surface area (Å²) >= 11 is 2.34. The van der Waals surface area contributed by atoms with Crippen LogP contribution in [-0.2, 0) is 51.9 Å². The van der Waals surface area contributed by atoms with Crippen molar-refractivity contribution in [2.45, 2.75) is 0 Å². The number of carboxylic acid groups (broad SMARTS) is 2. The molecule has 0 aliphatic heterocycles. The van der Waals surface area contributed by atoms with Gasteiger partial charge in [-0.25, -0.2) is 0 Å². The molecule has 4 N–H and O–H groups in total. The third kappa shape index (κ3) is 48.2. The molecular formula is C16H28O9RuS5. The summed E-state index contributed by atoms with van der Waals surface area (Å²) < 4.78 is 28.7. The fourth-order valence-corrected chi connectivity index (χ4v) is 1.90. The molecule has 2 aromatic heterocycles. The minimum absolute atomic E-state index is 0. The van der Waals surface area contributed by atoms with Crippen molar-refractivity contribution in [2.75, 3.05) is 37.5 Å². The van der Waals surface area contributed by atoms with E-state index in [1.807, 2.05) is 0 Å². The topological polar surface area (TPSA) is 194 Å². The minimum Gasteiger partial charge on any atom is -0.544 e. The number of hydrogen-bond donors (Lipinski definition) is 0. The van der Waals surface area contributed by atoms with Gasteiger partial charge in [0.15, 0.2) is 0 Å². The van der Waals surface area contributed by atoms with Crippen LogP contribution in [0.4, 0.5) is 0 Å². The van der Waals surface area contributed by atoms with Crippen molar-refractivity contribution in [3.8, 4) is 0 Å². The number of aromatic carboxylic acids is 2. The van der Waals surface area contributed by atoms with Gasteiger partial charge < -0.3 is 30.8 Å². The van der Waals surface area contributed by atoms with Crippen molar-refractivity contribution < 1.29 is 62.9 Å². The van der Waals surface area contributed by atoms with Crippen molar-refractivity contribution in [2.24, 2.45) is 0 Å². The van der Waals surface area contributed by atoms with Gasteiger partial charge in [0.05, 0.1) is 11.9 Å². The van der Waals surface area contributed by atoms with Crippen LogP contribution in [0.5, 0.6) is 0 Å². The van der Waals surface area contributed by atoms with Gasteiger partial charge >= 0.3 is 19.5 Å². The second-order valence-corrected chi connectivity index (χ2v) is 11.1. The van der Waals surface area contributed by atoms with Gasteiger partial charge in [-0.15, -0.1) is 22.7 Å². The summed E-state index contributed by atoms with van der Waals surface area (Å²) in [6, 6.07) is 6.38. The Morgan fingerprint density at radius 1 is 0.677 bits per heavy atom. The summed E-state index contributed by atoms with van der Waals surface area (Å²) in [4.78, 5) is 20.5. The summed E-state index contributed by atoms with van der Waals surface area (Å²) in [6.07, 6.45) is 9.83. The maximum Gasteiger partial charge on any atom is 2.00 e. The molecule has 0 saturated heterocycles. The van der Waals surface area contributed by atoms with Crippen LogP contribution in [0.3, 0.4) is 0 Å². The van der Waals surface area contributed by atoms with E-state index in [4.69, 9.17) is 0 Å². The van der Waals surface area contributed by atoms with Crippen LogP contribution in [0.15, 0.2) is 35.0 Å². The normalized spacial score (nSPS) is 8.03. The molecule has 9 nitrogen and oxygen atoms in total. The first-order valence-corrected chi connectivity index (χ1v) is 14.7. The van der Waals surface area contributed by atoms with Gasteiger partial charge in [0, 0.05) is 79.7 Å². The van der Waals surface area contributed by atoms with E-state index in [9.17, 15) is 32.4 Å².